The van der Waals surface area contributed by atoms with E-state index in [-0.39, 0.29) is 17.7 Å². The van der Waals surface area contributed by atoms with E-state index in [9.17, 15) is 0 Å². The predicted octanol–water partition coefficient (Wildman–Crippen LogP) is 2.60. The van der Waals surface area contributed by atoms with Crippen molar-refractivity contribution >= 4 is 0 Å². The number of nitrogens with two attached hydrogens (primary N) is 1. The first kappa shape index (κ1) is 15.9. The average molecular weight is 265 g/mol. The monoisotopic (exact) mass is 265 g/mol. The molecule has 4 heteroatoms. The fraction of sp³-hybridized carbons (Fsp3) is 0.667. The Bertz CT molecular complexity index is 406. The second-order valence-electron chi connectivity index (χ2n) is 5.70. The molecule has 0 saturated carbocycles. The minimum absolute atomic E-state index is 0.0991. The van der Waals surface area contributed by atoms with Crippen LogP contribution in [0.2, 0.25) is 0 Å². The van der Waals surface area contributed by atoms with E-state index in [0.29, 0.717) is 0 Å². The van der Waals surface area contributed by atoms with Gasteiger partial charge in [0, 0.05) is 17.8 Å². The zero-order valence-electron chi connectivity index (χ0n) is 13.0. The van der Waals surface area contributed by atoms with E-state index in [1.165, 1.54) is 0 Å². The van der Waals surface area contributed by atoms with Gasteiger partial charge in [0.05, 0.1) is 12.3 Å². The smallest absolute Gasteiger partial charge is 0.138 e. The minimum Gasteiger partial charge on any atom is -0.489 e. The van der Waals surface area contributed by atoms with Crippen LogP contribution in [0.1, 0.15) is 45.7 Å². The summed E-state index contributed by atoms with van der Waals surface area (Å²) in [4.78, 5) is 6.42. The maximum absolute atomic E-state index is 6.45. The van der Waals surface area contributed by atoms with Crippen LogP contribution in [0, 0.1) is 0 Å². The van der Waals surface area contributed by atoms with Gasteiger partial charge in [0.2, 0.25) is 0 Å². The molecule has 1 aromatic rings. The third-order valence-electron chi connectivity index (χ3n) is 3.87. The molecule has 0 radical (unpaired) electrons. The number of ether oxygens (including phenoxy) is 1. The van der Waals surface area contributed by atoms with E-state index < -0.39 is 0 Å². The molecule has 1 aromatic heterocycles. The lowest BCUT2D eigenvalue weighted by Gasteiger charge is -2.41. The zero-order chi connectivity index (χ0) is 14.6. The minimum atomic E-state index is -0.101. The standard InChI is InChI=1S/C15H27N3O/c1-7-15(4,18(5)6)14(16)12-8-13(10-17-9-12)19-11(2)3/h8-11,14H,7,16H2,1-6H3. The highest BCUT2D eigenvalue weighted by molar-refractivity contribution is 5.28. The van der Waals surface area contributed by atoms with Crippen LogP contribution in [0.15, 0.2) is 18.5 Å². The lowest BCUT2D eigenvalue weighted by Crippen LogP contribution is -2.49. The molecular formula is C15H27N3O. The molecule has 0 aromatic carbocycles. The first-order chi connectivity index (χ1) is 8.81. The number of hydrogen-bond donors (Lipinski definition) is 1. The molecule has 2 N–H and O–H groups in total. The van der Waals surface area contributed by atoms with Gasteiger partial charge in [0.1, 0.15) is 5.75 Å². The van der Waals surface area contributed by atoms with Gasteiger partial charge < -0.3 is 15.4 Å². The van der Waals surface area contributed by atoms with Crippen molar-refractivity contribution in [2.24, 2.45) is 5.73 Å². The summed E-state index contributed by atoms with van der Waals surface area (Å²) in [6.07, 6.45) is 4.67. The van der Waals surface area contributed by atoms with Crippen LogP contribution in [0.3, 0.4) is 0 Å². The molecule has 0 spiro atoms. The summed E-state index contributed by atoms with van der Waals surface area (Å²) in [6.45, 7) is 8.33. The number of nitrogens with zero attached hydrogens (tertiary/aromatic N) is 2. The maximum atomic E-state index is 6.45. The summed E-state index contributed by atoms with van der Waals surface area (Å²) < 4.78 is 5.68. The molecule has 0 saturated heterocycles. The van der Waals surface area contributed by atoms with Crippen LogP contribution in [-0.2, 0) is 0 Å². The van der Waals surface area contributed by atoms with E-state index in [0.717, 1.165) is 17.7 Å². The number of likely N-dealkylation sites (N-methyl/N-ethyl adjacent to an activating group) is 1. The first-order valence-corrected chi connectivity index (χ1v) is 6.86. The van der Waals surface area contributed by atoms with Crippen molar-refractivity contribution in [3.05, 3.63) is 24.0 Å². The van der Waals surface area contributed by atoms with Gasteiger partial charge in [-0.15, -0.1) is 0 Å². The summed E-state index contributed by atoms with van der Waals surface area (Å²) in [5, 5.41) is 0. The van der Waals surface area contributed by atoms with Crippen molar-refractivity contribution in [3.8, 4) is 5.75 Å². The number of hydrogen-bond acceptors (Lipinski definition) is 4. The number of aromatic nitrogens is 1. The Morgan fingerprint density at radius 1 is 1.37 bits per heavy atom. The quantitative estimate of drug-likeness (QED) is 0.859. The van der Waals surface area contributed by atoms with E-state index in [1.807, 2.05) is 26.1 Å². The average Bonchev–Trinajstić information content (AvgIpc) is 2.36. The van der Waals surface area contributed by atoms with Gasteiger partial charge in [-0.2, -0.15) is 0 Å². The maximum Gasteiger partial charge on any atom is 0.138 e. The van der Waals surface area contributed by atoms with Crippen molar-refractivity contribution in [1.82, 2.24) is 9.88 Å². The van der Waals surface area contributed by atoms with E-state index in [4.69, 9.17) is 10.5 Å². The van der Waals surface area contributed by atoms with Gasteiger partial charge in [-0.1, -0.05) is 6.92 Å². The Kier molecular flexibility index (Phi) is 5.32. The third kappa shape index (κ3) is 3.67. The molecular weight excluding hydrogens is 238 g/mol. The van der Waals surface area contributed by atoms with Crippen molar-refractivity contribution in [3.63, 3.8) is 0 Å². The summed E-state index contributed by atoms with van der Waals surface area (Å²) >= 11 is 0. The van der Waals surface area contributed by atoms with Gasteiger partial charge >= 0.3 is 0 Å². The normalized spacial score (nSPS) is 16.5. The second-order valence-corrected chi connectivity index (χ2v) is 5.70. The van der Waals surface area contributed by atoms with Crippen LogP contribution < -0.4 is 10.5 Å². The highest BCUT2D eigenvalue weighted by Crippen LogP contribution is 2.31. The predicted molar refractivity (Wildman–Crippen MR) is 79.3 cm³/mol. The number of rotatable bonds is 6. The molecule has 2 unspecified atom stereocenters. The van der Waals surface area contributed by atoms with Crippen molar-refractivity contribution in [1.29, 1.82) is 0 Å². The van der Waals surface area contributed by atoms with Crippen LogP contribution in [0.25, 0.3) is 0 Å². The summed E-state index contributed by atoms with van der Waals surface area (Å²) in [5.74, 6) is 0.778. The summed E-state index contributed by atoms with van der Waals surface area (Å²) in [6, 6.07) is 1.89. The first-order valence-electron chi connectivity index (χ1n) is 6.86. The number of pyridine rings is 1. The Morgan fingerprint density at radius 2 is 2.00 bits per heavy atom. The SMILES string of the molecule is CCC(C)(C(N)c1cncc(OC(C)C)c1)N(C)C. The molecule has 0 aliphatic carbocycles. The molecule has 0 aliphatic heterocycles. The molecule has 0 amide bonds. The van der Waals surface area contributed by atoms with Gasteiger partial charge in [-0.05, 0) is 52.9 Å². The van der Waals surface area contributed by atoms with Crippen LogP contribution >= 0.6 is 0 Å². The molecule has 2 atom stereocenters. The largest absolute Gasteiger partial charge is 0.489 e. The second kappa shape index (κ2) is 6.35. The lowest BCUT2D eigenvalue weighted by molar-refractivity contribution is 0.131. The lowest BCUT2D eigenvalue weighted by atomic mass is 9.85. The molecule has 0 bridgehead atoms. The highest BCUT2D eigenvalue weighted by atomic mass is 16.5. The fourth-order valence-corrected chi connectivity index (χ4v) is 2.12. The molecule has 1 rings (SSSR count). The van der Waals surface area contributed by atoms with Crippen LogP contribution in [-0.4, -0.2) is 35.6 Å². The van der Waals surface area contributed by atoms with Crippen LogP contribution in [0.5, 0.6) is 5.75 Å². The summed E-state index contributed by atoms with van der Waals surface area (Å²) in [7, 11) is 4.12. The Morgan fingerprint density at radius 3 is 2.47 bits per heavy atom. The Hall–Kier alpha value is -1.13. The van der Waals surface area contributed by atoms with Crippen LogP contribution in [0.4, 0.5) is 0 Å². The third-order valence-corrected chi connectivity index (χ3v) is 3.87. The molecule has 19 heavy (non-hydrogen) atoms. The van der Waals surface area contributed by atoms with Gasteiger partial charge in [-0.3, -0.25) is 4.98 Å². The van der Waals surface area contributed by atoms with E-state index >= 15 is 0 Å². The molecule has 0 fully saturated rings. The Labute approximate surface area is 117 Å². The zero-order valence-corrected chi connectivity index (χ0v) is 13.0. The van der Waals surface area contributed by atoms with E-state index in [2.05, 4.69) is 37.8 Å². The topological polar surface area (TPSA) is 51.4 Å². The van der Waals surface area contributed by atoms with Gasteiger partial charge in [0.25, 0.3) is 0 Å². The molecule has 0 aliphatic rings. The summed E-state index contributed by atoms with van der Waals surface area (Å²) in [5.41, 5.74) is 7.36. The van der Waals surface area contributed by atoms with Gasteiger partial charge in [-0.25, -0.2) is 0 Å². The molecule has 108 valence electrons. The Balaban J connectivity index is 3.02. The fourth-order valence-electron chi connectivity index (χ4n) is 2.12. The van der Waals surface area contributed by atoms with Crippen molar-refractivity contribution < 1.29 is 4.74 Å². The van der Waals surface area contributed by atoms with Gasteiger partial charge in [0.15, 0.2) is 0 Å². The van der Waals surface area contributed by atoms with E-state index in [1.54, 1.807) is 6.20 Å². The molecule has 4 nitrogen and oxygen atoms in total. The molecule has 1 heterocycles. The highest BCUT2D eigenvalue weighted by Gasteiger charge is 2.33. The van der Waals surface area contributed by atoms with Crippen molar-refractivity contribution in [2.45, 2.75) is 51.8 Å². The van der Waals surface area contributed by atoms with Crippen molar-refractivity contribution in [2.75, 3.05) is 14.1 Å².